The van der Waals surface area contributed by atoms with Gasteiger partial charge in [0, 0.05) is 37.6 Å². The summed E-state index contributed by atoms with van der Waals surface area (Å²) in [6.07, 6.45) is 7.11. The van der Waals surface area contributed by atoms with Gasteiger partial charge in [0.1, 0.15) is 0 Å². The van der Waals surface area contributed by atoms with Crippen molar-refractivity contribution >= 4 is 11.9 Å². The lowest BCUT2D eigenvalue weighted by molar-refractivity contribution is -0.130. The Labute approximate surface area is 133 Å². The molecule has 1 spiro atoms. The molecule has 0 aliphatic carbocycles. The lowest BCUT2D eigenvalue weighted by Gasteiger charge is -2.37. The summed E-state index contributed by atoms with van der Waals surface area (Å²) in [6.45, 7) is 10.00. The molecule has 0 aromatic carbocycles. The lowest BCUT2D eigenvalue weighted by Crippen LogP contribution is -2.47. The zero-order valence-corrected chi connectivity index (χ0v) is 13.9. The molecule has 22 heavy (non-hydrogen) atoms. The van der Waals surface area contributed by atoms with Gasteiger partial charge in [-0.1, -0.05) is 13.0 Å². The van der Waals surface area contributed by atoms with E-state index in [0.29, 0.717) is 13.0 Å². The van der Waals surface area contributed by atoms with Gasteiger partial charge in [0.2, 0.25) is 5.91 Å². The molecule has 0 radical (unpaired) electrons. The molecule has 3 amide bonds. The van der Waals surface area contributed by atoms with Gasteiger partial charge in [0.25, 0.3) is 0 Å². The van der Waals surface area contributed by atoms with E-state index in [-0.39, 0.29) is 23.5 Å². The second-order valence-electron chi connectivity index (χ2n) is 6.62. The van der Waals surface area contributed by atoms with Crippen molar-refractivity contribution in [2.75, 3.05) is 19.6 Å². The highest BCUT2D eigenvalue weighted by molar-refractivity contribution is 5.80. The summed E-state index contributed by atoms with van der Waals surface area (Å²) < 4.78 is 0. The Morgan fingerprint density at radius 2 is 2.18 bits per heavy atom. The van der Waals surface area contributed by atoms with Gasteiger partial charge < -0.3 is 15.1 Å². The third-order valence-corrected chi connectivity index (χ3v) is 5.18. The Bertz CT molecular complexity index is 438. The minimum atomic E-state index is -0.0589. The molecule has 1 N–H and O–H groups in total. The maximum atomic E-state index is 12.3. The number of nitrogens with zero attached hydrogens (tertiary/aromatic N) is 2. The number of rotatable bonds is 4. The topological polar surface area (TPSA) is 52.7 Å². The molecule has 2 saturated heterocycles. The van der Waals surface area contributed by atoms with Crippen molar-refractivity contribution in [2.45, 2.75) is 64.0 Å². The van der Waals surface area contributed by atoms with E-state index in [4.69, 9.17) is 0 Å². The molecule has 0 aromatic heterocycles. The Hall–Kier alpha value is -1.52. The Kier molecular flexibility index (Phi) is 5.48. The lowest BCUT2D eigenvalue weighted by atomic mass is 9.88. The van der Waals surface area contributed by atoms with Gasteiger partial charge >= 0.3 is 6.03 Å². The molecule has 2 aliphatic rings. The van der Waals surface area contributed by atoms with Gasteiger partial charge in [0.05, 0.1) is 0 Å². The molecule has 2 rings (SSSR count). The molecule has 2 atom stereocenters. The van der Waals surface area contributed by atoms with Gasteiger partial charge in [-0.2, -0.15) is 0 Å². The maximum Gasteiger partial charge on any atom is 0.317 e. The molecule has 2 fully saturated rings. The van der Waals surface area contributed by atoms with Crippen LogP contribution in [0.2, 0.25) is 0 Å². The highest BCUT2D eigenvalue weighted by atomic mass is 16.2. The van der Waals surface area contributed by atoms with Crippen LogP contribution in [0, 0.1) is 0 Å². The van der Waals surface area contributed by atoms with Gasteiger partial charge in [0.15, 0.2) is 0 Å². The molecule has 124 valence electrons. The fourth-order valence-electron chi connectivity index (χ4n) is 3.60. The number of hydrogen-bond donors (Lipinski definition) is 1. The Morgan fingerprint density at radius 3 is 2.86 bits per heavy atom. The summed E-state index contributed by atoms with van der Waals surface area (Å²) in [7, 11) is 0. The molecule has 2 aliphatic heterocycles. The number of nitrogens with one attached hydrogen (secondary N) is 1. The first-order valence-electron chi connectivity index (χ1n) is 8.49. The van der Waals surface area contributed by atoms with Crippen molar-refractivity contribution < 1.29 is 9.59 Å². The number of amides is 3. The van der Waals surface area contributed by atoms with Crippen LogP contribution in [0.3, 0.4) is 0 Å². The van der Waals surface area contributed by atoms with Gasteiger partial charge in [-0.3, -0.25) is 4.79 Å². The molecule has 5 heteroatoms. The number of hydrogen-bond acceptors (Lipinski definition) is 2. The fraction of sp³-hybridized carbons (Fsp3) is 0.765. The third-order valence-electron chi connectivity index (χ3n) is 5.18. The quantitative estimate of drug-likeness (QED) is 0.811. The first-order valence-corrected chi connectivity index (χ1v) is 8.49. The predicted molar refractivity (Wildman–Crippen MR) is 87.6 cm³/mol. The summed E-state index contributed by atoms with van der Waals surface area (Å²) in [6, 6.07) is 0.237. The monoisotopic (exact) mass is 307 g/mol. The summed E-state index contributed by atoms with van der Waals surface area (Å²) in [4.78, 5) is 28.4. The fourth-order valence-corrected chi connectivity index (χ4v) is 3.60. The van der Waals surface area contributed by atoms with E-state index in [1.165, 1.54) is 0 Å². The Balaban J connectivity index is 2.01. The van der Waals surface area contributed by atoms with Crippen LogP contribution in [0.4, 0.5) is 4.79 Å². The summed E-state index contributed by atoms with van der Waals surface area (Å²) in [5.74, 6) is 0.234. The van der Waals surface area contributed by atoms with Crippen molar-refractivity contribution in [3.05, 3.63) is 12.7 Å². The van der Waals surface area contributed by atoms with Crippen molar-refractivity contribution in [3.8, 4) is 0 Å². The smallest absolute Gasteiger partial charge is 0.317 e. The number of carbonyl (C=O) groups is 2. The molecule has 0 bridgehead atoms. The number of urea groups is 1. The average Bonchev–Trinajstić information content (AvgIpc) is 2.69. The summed E-state index contributed by atoms with van der Waals surface area (Å²) in [5.41, 5.74) is -0.0589. The average molecular weight is 307 g/mol. The van der Waals surface area contributed by atoms with Crippen LogP contribution in [0.25, 0.3) is 0 Å². The van der Waals surface area contributed by atoms with Crippen molar-refractivity contribution in [3.63, 3.8) is 0 Å². The third kappa shape index (κ3) is 3.45. The van der Waals surface area contributed by atoms with Crippen molar-refractivity contribution in [1.82, 2.24) is 15.1 Å². The van der Waals surface area contributed by atoms with E-state index in [9.17, 15) is 9.59 Å². The van der Waals surface area contributed by atoms with Gasteiger partial charge in [-0.05, 0) is 39.0 Å². The van der Waals surface area contributed by atoms with Crippen LogP contribution in [0.15, 0.2) is 12.7 Å². The molecule has 0 saturated carbocycles. The van der Waals surface area contributed by atoms with E-state index in [0.717, 1.165) is 45.2 Å². The van der Waals surface area contributed by atoms with Crippen LogP contribution in [0.1, 0.15) is 52.4 Å². The van der Waals surface area contributed by atoms with Crippen LogP contribution in [0.5, 0.6) is 0 Å². The molecular formula is C17H29N3O2. The van der Waals surface area contributed by atoms with E-state index >= 15 is 0 Å². The van der Waals surface area contributed by atoms with Crippen LogP contribution >= 0.6 is 0 Å². The molecule has 0 unspecified atom stereocenters. The predicted octanol–water partition coefficient (Wildman–Crippen LogP) is 2.53. The van der Waals surface area contributed by atoms with Crippen LogP contribution in [-0.4, -0.2) is 53.0 Å². The minimum absolute atomic E-state index is 0.0333. The zero-order chi connectivity index (χ0) is 16.2. The first kappa shape index (κ1) is 16.8. The van der Waals surface area contributed by atoms with Crippen LogP contribution in [-0.2, 0) is 4.79 Å². The Morgan fingerprint density at radius 1 is 1.41 bits per heavy atom. The van der Waals surface area contributed by atoms with E-state index in [1.807, 2.05) is 22.8 Å². The van der Waals surface area contributed by atoms with E-state index in [1.54, 1.807) is 0 Å². The minimum Gasteiger partial charge on any atom is -0.336 e. The normalized spacial score (nSPS) is 26.9. The molecule has 0 aromatic rings. The zero-order valence-electron chi connectivity index (χ0n) is 13.9. The highest BCUT2D eigenvalue weighted by Gasteiger charge is 2.45. The van der Waals surface area contributed by atoms with Crippen molar-refractivity contribution in [1.29, 1.82) is 0 Å². The van der Waals surface area contributed by atoms with Crippen LogP contribution < -0.4 is 5.32 Å². The second kappa shape index (κ2) is 7.16. The number of carbonyl (C=O) groups excluding carboxylic acids is 2. The number of likely N-dealkylation sites (tertiary alicyclic amines) is 2. The van der Waals surface area contributed by atoms with Crippen molar-refractivity contribution in [2.24, 2.45) is 0 Å². The summed E-state index contributed by atoms with van der Waals surface area (Å²) >= 11 is 0. The van der Waals surface area contributed by atoms with E-state index < -0.39 is 0 Å². The van der Waals surface area contributed by atoms with Gasteiger partial charge in [-0.15, -0.1) is 6.58 Å². The van der Waals surface area contributed by atoms with Gasteiger partial charge in [-0.25, -0.2) is 4.79 Å². The molecule has 2 heterocycles. The largest absolute Gasteiger partial charge is 0.336 e. The molecule has 5 nitrogen and oxygen atoms in total. The SMILES string of the molecule is C=CCN1C(=O)CC[C@]12CCCN(C(=O)N[C@@H](C)CC)CC2. The summed E-state index contributed by atoms with van der Waals surface area (Å²) in [5, 5.41) is 3.04. The first-order chi connectivity index (χ1) is 10.5. The maximum absolute atomic E-state index is 12.3. The molecular weight excluding hydrogens is 278 g/mol. The second-order valence-corrected chi connectivity index (χ2v) is 6.62. The standard InChI is InChI=1S/C17H29N3O2/c1-4-11-20-15(21)7-9-17(20)8-6-12-19(13-10-17)16(22)18-14(3)5-2/h4,14H,1,5-13H2,2-3H3,(H,18,22)/t14-,17-/m0/s1. The highest BCUT2D eigenvalue weighted by Crippen LogP contribution is 2.38. The van der Waals surface area contributed by atoms with E-state index in [2.05, 4.69) is 18.8 Å².